The van der Waals surface area contributed by atoms with E-state index < -0.39 is 0 Å². The average molecular weight is 167 g/mol. The molecule has 70 valence electrons. The van der Waals surface area contributed by atoms with Gasteiger partial charge in [-0.1, -0.05) is 26.7 Å². The van der Waals surface area contributed by atoms with Gasteiger partial charge in [0.05, 0.1) is 0 Å². The van der Waals surface area contributed by atoms with Crippen molar-refractivity contribution in [3.05, 3.63) is 0 Å². The zero-order valence-corrected chi connectivity index (χ0v) is 8.47. The molecule has 2 fully saturated rings. The molecule has 2 aliphatic rings. The summed E-state index contributed by atoms with van der Waals surface area (Å²) in [6.45, 7) is 7.13. The van der Waals surface area contributed by atoms with Crippen molar-refractivity contribution >= 4 is 0 Å². The second kappa shape index (κ2) is 3.02. The second-order valence-electron chi connectivity index (χ2n) is 4.42. The Kier molecular flexibility index (Phi) is 2.16. The lowest BCUT2D eigenvalue weighted by molar-refractivity contribution is 0.149. The SMILES string of the molecule is CCN(CC)C12CCCCC1C2. The third-order valence-electron chi connectivity index (χ3n) is 4.01. The molecule has 1 nitrogen and oxygen atoms in total. The van der Waals surface area contributed by atoms with Crippen LogP contribution in [-0.4, -0.2) is 23.5 Å². The molecule has 2 unspecified atom stereocenters. The lowest BCUT2D eigenvalue weighted by Gasteiger charge is -2.33. The number of hydrogen-bond donors (Lipinski definition) is 0. The molecule has 0 aromatic heterocycles. The highest BCUT2D eigenvalue weighted by Gasteiger charge is 2.57. The fourth-order valence-corrected chi connectivity index (χ4v) is 3.27. The van der Waals surface area contributed by atoms with E-state index in [1.54, 1.807) is 0 Å². The topological polar surface area (TPSA) is 3.24 Å². The van der Waals surface area contributed by atoms with Gasteiger partial charge >= 0.3 is 0 Å². The van der Waals surface area contributed by atoms with Gasteiger partial charge in [-0.15, -0.1) is 0 Å². The van der Waals surface area contributed by atoms with E-state index in [4.69, 9.17) is 0 Å². The first-order chi connectivity index (χ1) is 5.83. The van der Waals surface area contributed by atoms with Crippen LogP contribution in [0.5, 0.6) is 0 Å². The Morgan fingerprint density at radius 2 is 2.00 bits per heavy atom. The number of fused-ring (bicyclic) bond motifs is 1. The summed E-state index contributed by atoms with van der Waals surface area (Å²) >= 11 is 0. The molecule has 0 aromatic carbocycles. The van der Waals surface area contributed by atoms with Crippen LogP contribution in [0.15, 0.2) is 0 Å². The van der Waals surface area contributed by atoms with Crippen LogP contribution in [0.25, 0.3) is 0 Å². The van der Waals surface area contributed by atoms with Crippen LogP contribution in [0.3, 0.4) is 0 Å². The Labute approximate surface area is 76.1 Å². The summed E-state index contributed by atoms with van der Waals surface area (Å²) in [5.41, 5.74) is 0.696. The molecule has 0 spiro atoms. The summed E-state index contributed by atoms with van der Waals surface area (Å²) < 4.78 is 0. The highest BCUT2D eigenvalue weighted by Crippen LogP contribution is 2.57. The number of rotatable bonds is 3. The van der Waals surface area contributed by atoms with Gasteiger partial charge in [-0.3, -0.25) is 4.90 Å². The average Bonchev–Trinajstić information content (AvgIpc) is 2.81. The van der Waals surface area contributed by atoms with Gasteiger partial charge in [0.2, 0.25) is 0 Å². The molecule has 1 heteroatoms. The minimum atomic E-state index is 0.696. The molecule has 0 amide bonds. The minimum absolute atomic E-state index is 0.696. The Hall–Kier alpha value is -0.0400. The van der Waals surface area contributed by atoms with Gasteiger partial charge < -0.3 is 0 Å². The zero-order valence-electron chi connectivity index (χ0n) is 8.47. The van der Waals surface area contributed by atoms with E-state index in [1.807, 2.05) is 0 Å². The van der Waals surface area contributed by atoms with Crippen molar-refractivity contribution in [2.24, 2.45) is 5.92 Å². The van der Waals surface area contributed by atoms with Crippen molar-refractivity contribution in [2.45, 2.75) is 51.5 Å². The summed E-state index contributed by atoms with van der Waals surface area (Å²) in [6.07, 6.45) is 7.48. The summed E-state index contributed by atoms with van der Waals surface area (Å²) in [4.78, 5) is 2.71. The molecule has 0 aliphatic heterocycles. The molecule has 0 radical (unpaired) electrons. The number of nitrogens with zero attached hydrogens (tertiary/aromatic N) is 1. The van der Waals surface area contributed by atoms with E-state index in [1.165, 1.54) is 45.2 Å². The van der Waals surface area contributed by atoms with Gasteiger partial charge in [0.1, 0.15) is 0 Å². The lowest BCUT2D eigenvalue weighted by atomic mass is 9.94. The monoisotopic (exact) mass is 167 g/mol. The molecular weight excluding hydrogens is 146 g/mol. The van der Waals surface area contributed by atoms with Crippen molar-refractivity contribution < 1.29 is 0 Å². The highest BCUT2D eigenvalue weighted by molar-refractivity contribution is 5.12. The van der Waals surface area contributed by atoms with Gasteiger partial charge in [0.15, 0.2) is 0 Å². The summed E-state index contributed by atoms with van der Waals surface area (Å²) in [5.74, 6) is 1.08. The Morgan fingerprint density at radius 1 is 1.25 bits per heavy atom. The molecule has 2 saturated carbocycles. The van der Waals surface area contributed by atoms with Crippen molar-refractivity contribution in [3.8, 4) is 0 Å². The Bertz CT molecular complexity index is 162. The summed E-state index contributed by atoms with van der Waals surface area (Å²) in [7, 11) is 0. The van der Waals surface area contributed by atoms with Crippen LogP contribution < -0.4 is 0 Å². The van der Waals surface area contributed by atoms with E-state index in [-0.39, 0.29) is 0 Å². The van der Waals surface area contributed by atoms with Gasteiger partial charge in [0.25, 0.3) is 0 Å². The van der Waals surface area contributed by atoms with Gasteiger partial charge in [-0.25, -0.2) is 0 Å². The van der Waals surface area contributed by atoms with Crippen LogP contribution in [0.4, 0.5) is 0 Å². The molecule has 0 bridgehead atoms. The summed E-state index contributed by atoms with van der Waals surface area (Å²) in [6, 6.07) is 0. The maximum Gasteiger partial charge on any atom is 0.0241 e. The molecule has 2 aliphatic carbocycles. The molecule has 0 N–H and O–H groups in total. The minimum Gasteiger partial charge on any atom is -0.298 e. The van der Waals surface area contributed by atoms with Crippen LogP contribution in [0, 0.1) is 5.92 Å². The third kappa shape index (κ3) is 1.10. The van der Waals surface area contributed by atoms with Gasteiger partial charge in [-0.05, 0) is 38.3 Å². The first kappa shape index (κ1) is 8.55. The van der Waals surface area contributed by atoms with Crippen LogP contribution in [0.1, 0.15) is 46.0 Å². The smallest absolute Gasteiger partial charge is 0.0241 e. The van der Waals surface area contributed by atoms with Gasteiger partial charge in [0, 0.05) is 5.54 Å². The molecule has 0 aromatic rings. The fraction of sp³-hybridized carbons (Fsp3) is 1.00. The fourth-order valence-electron chi connectivity index (χ4n) is 3.27. The van der Waals surface area contributed by atoms with Crippen molar-refractivity contribution in [2.75, 3.05) is 13.1 Å². The molecule has 0 saturated heterocycles. The normalized spacial score (nSPS) is 39.8. The van der Waals surface area contributed by atoms with Crippen molar-refractivity contribution in [3.63, 3.8) is 0 Å². The number of hydrogen-bond acceptors (Lipinski definition) is 1. The maximum absolute atomic E-state index is 2.71. The van der Waals surface area contributed by atoms with Crippen LogP contribution in [-0.2, 0) is 0 Å². The largest absolute Gasteiger partial charge is 0.298 e. The van der Waals surface area contributed by atoms with E-state index >= 15 is 0 Å². The van der Waals surface area contributed by atoms with E-state index in [0.717, 1.165) is 5.92 Å². The first-order valence-electron chi connectivity index (χ1n) is 5.58. The maximum atomic E-state index is 2.71. The van der Waals surface area contributed by atoms with E-state index in [2.05, 4.69) is 18.7 Å². The quantitative estimate of drug-likeness (QED) is 0.624. The lowest BCUT2D eigenvalue weighted by Crippen LogP contribution is -2.40. The standard InChI is InChI=1S/C11H21N/c1-3-12(4-2)11-8-6-5-7-10(11)9-11/h10H,3-9H2,1-2H3. The molecule has 0 heterocycles. The van der Waals surface area contributed by atoms with Gasteiger partial charge in [-0.2, -0.15) is 0 Å². The predicted octanol–water partition coefficient (Wildman–Crippen LogP) is 2.66. The second-order valence-corrected chi connectivity index (χ2v) is 4.42. The molecule has 2 atom stereocenters. The highest BCUT2D eigenvalue weighted by atomic mass is 15.2. The molecule has 12 heavy (non-hydrogen) atoms. The third-order valence-corrected chi connectivity index (χ3v) is 4.01. The van der Waals surface area contributed by atoms with Crippen molar-refractivity contribution in [1.82, 2.24) is 4.90 Å². The van der Waals surface area contributed by atoms with Crippen LogP contribution >= 0.6 is 0 Å². The van der Waals surface area contributed by atoms with E-state index in [9.17, 15) is 0 Å². The van der Waals surface area contributed by atoms with Crippen molar-refractivity contribution in [1.29, 1.82) is 0 Å². The Morgan fingerprint density at radius 3 is 2.58 bits per heavy atom. The van der Waals surface area contributed by atoms with Crippen LogP contribution in [0.2, 0.25) is 0 Å². The molecule has 2 rings (SSSR count). The first-order valence-corrected chi connectivity index (χ1v) is 5.58. The zero-order chi connectivity index (χ0) is 8.60. The Balaban J connectivity index is 2.01. The van der Waals surface area contributed by atoms with E-state index in [0.29, 0.717) is 5.54 Å². The predicted molar refractivity (Wildman–Crippen MR) is 52.2 cm³/mol. The molecular formula is C11H21N. The summed E-state index contributed by atoms with van der Waals surface area (Å²) in [5, 5.41) is 0.